The van der Waals surface area contributed by atoms with E-state index in [0.717, 1.165) is 50.9 Å². The fourth-order valence-electron chi connectivity index (χ4n) is 2.88. The number of hydrogen-bond acceptors (Lipinski definition) is 3. The van der Waals surface area contributed by atoms with E-state index in [9.17, 15) is 8.78 Å². The molecule has 1 aliphatic rings. The van der Waals surface area contributed by atoms with Gasteiger partial charge in [-0.05, 0) is 12.1 Å². The van der Waals surface area contributed by atoms with Gasteiger partial charge < -0.3 is 4.90 Å². The number of halogens is 2. The van der Waals surface area contributed by atoms with Crippen LogP contribution >= 0.6 is 0 Å². The normalized spacial score (nSPS) is 16.0. The average molecular weight is 301 g/mol. The highest BCUT2D eigenvalue weighted by atomic mass is 19.1. The van der Waals surface area contributed by atoms with E-state index in [2.05, 4.69) is 20.7 Å². The molecule has 0 unspecified atom stereocenters. The smallest absolute Gasteiger partial charge is 0.152 e. The van der Waals surface area contributed by atoms with Crippen LogP contribution in [0.5, 0.6) is 0 Å². The van der Waals surface area contributed by atoms with Crippen LogP contribution in [0.3, 0.4) is 0 Å². The van der Waals surface area contributed by atoms with Crippen molar-refractivity contribution in [2.45, 2.75) is 6.42 Å². The van der Waals surface area contributed by atoms with Gasteiger partial charge in [-0.2, -0.15) is 0 Å². The topological polar surface area (TPSA) is 19.4 Å². The van der Waals surface area contributed by atoms with Gasteiger partial charge in [-0.1, -0.05) is 0 Å². The predicted octanol–water partition coefficient (Wildman–Crippen LogP) is 2.66. The number of nitrogens with zero attached hydrogens (tertiary/aromatic N) is 3. The second-order valence-corrected chi connectivity index (χ2v) is 5.40. The average Bonchev–Trinajstić information content (AvgIpc) is 2.53. The molecule has 0 spiro atoms. The zero-order valence-electron chi connectivity index (χ0n) is 12.2. The Morgan fingerprint density at radius 2 is 1.95 bits per heavy atom. The van der Waals surface area contributed by atoms with Crippen molar-refractivity contribution in [1.29, 1.82) is 0 Å². The molecule has 1 aromatic heterocycles. The summed E-state index contributed by atoms with van der Waals surface area (Å²) in [5.41, 5.74) is 1.05. The minimum absolute atomic E-state index is 0.216. The first-order valence-corrected chi connectivity index (χ1v) is 7.33. The molecular weight excluding hydrogens is 284 g/mol. The van der Waals surface area contributed by atoms with Crippen LogP contribution in [0, 0.1) is 24.0 Å². The number of piperazine rings is 1. The molecule has 3 rings (SSSR count). The van der Waals surface area contributed by atoms with Gasteiger partial charge in [0.2, 0.25) is 0 Å². The molecule has 0 amide bonds. The van der Waals surface area contributed by atoms with Crippen LogP contribution in [0.15, 0.2) is 24.4 Å². The molecule has 1 fully saturated rings. The Morgan fingerprint density at radius 1 is 1.18 bits per heavy atom. The quantitative estimate of drug-likeness (QED) is 0.813. The van der Waals surface area contributed by atoms with Gasteiger partial charge in [0, 0.05) is 62.5 Å². The van der Waals surface area contributed by atoms with E-state index >= 15 is 0 Å². The van der Waals surface area contributed by atoms with Crippen molar-refractivity contribution in [3.8, 4) is 12.3 Å². The standard InChI is InChI=1S/C17H17F2N3/c1-2-3-6-21-7-9-22(10-8-21)16-4-5-20-17-14(16)11-13(18)12-15(17)19/h1,4-5,11-12H,3,6-10H2. The first-order valence-electron chi connectivity index (χ1n) is 7.33. The summed E-state index contributed by atoms with van der Waals surface area (Å²) in [6.07, 6.45) is 7.61. The molecule has 0 N–H and O–H groups in total. The lowest BCUT2D eigenvalue weighted by molar-refractivity contribution is 0.264. The van der Waals surface area contributed by atoms with Crippen LogP contribution in [0.4, 0.5) is 14.5 Å². The van der Waals surface area contributed by atoms with E-state index in [0.29, 0.717) is 5.39 Å². The summed E-state index contributed by atoms with van der Waals surface area (Å²) in [6.45, 7) is 4.29. The fraction of sp³-hybridized carbons (Fsp3) is 0.353. The number of rotatable bonds is 3. The minimum Gasteiger partial charge on any atom is -0.368 e. The van der Waals surface area contributed by atoms with Gasteiger partial charge in [0.15, 0.2) is 5.82 Å². The molecule has 114 valence electrons. The van der Waals surface area contributed by atoms with Gasteiger partial charge in [0.25, 0.3) is 0 Å². The molecule has 2 aromatic rings. The summed E-state index contributed by atoms with van der Waals surface area (Å²) in [7, 11) is 0. The monoisotopic (exact) mass is 301 g/mol. The van der Waals surface area contributed by atoms with E-state index in [-0.39, 0.29) is 5.52 Å². The van der Waals surface area contributed by atoms with Gasteiger partial charge in [-0.15, -0.1) is 12.3 Å². The largest absolute Gasteiger partial charge is 0.368 e. The first kappa shape index (κ1) is 14.7. The maximum absolute atomic E-state index is 13.8. The van der Waals surface area contributed by atoms with Crippen LogP contribution in [-0.2, 0) is 0 Å². The third kappa shape index (κ3) is 2.88. The Labute approximate surface area is 128 Å². The molecule has 0 radical (unpaired) electrons. The number of hydrogen-bond donors (Lipinski definition) is 0. The molecule has 0 aliphatic carbocycles. The number of pyridine rings is 1. The summed E-state index contributed by atoms with van der Waals surface area (Å²) >= 11 is 0. The molecule has 1 saturated heterocycles. The summed E-state index contributed by atoms with van der Waals surface area (Å²) in [6, 6.07) is 4.04. The highest BCUT2D eigenvalue weighted by Gasteiger charge is 2.19. The highest BCUT2D eigenvalue weighted by Crippen LogP contribution is 2.28. The molecule has 3 nitrogen and oxygen atoms in total. The SMILES string of the molecule is C#CCCN1CCN(c2ccnc3c(F)cc(F)cc23)CC1. The van der Waals surface area contributed by atoms with Crippen molar-refractivity contribution < 1.29 is 8.78 Å². The van der Waals surface area contributed by atoms with Gasteiger partial charge in [0.1, 0.15) is 11.3 Å². The Hall–Kier alpha value is -2.19. The van der Waals surface area contributed by atoms with Crippen LogP contribution in [-0.4, -0.2) is 42.6 Å². The van der Waals surface area contributed by atoms with Gasteiger partial charge in [0.05, 0.1) is 0 Å². The fourth-order valence-corrected chi connectivity index (χ4v) is 2.88. The molecule has 22 heavy (non-hydrogen) atoms. The Morgan fingerprint density at radius 3 is 2.68 bits per heavy atom. The van der Waals surface area contributed by atoms with Crippen molar-refractivity contribution in [1.82, 2.24) is 9.88 Å². The number of benzene rings is 1. The van der Waals surface area contributed by atoms with E-state index in [1.54, 1.807) is 6.20 Å². The van der Waals surface area contributed by atoms with Gasteiger partial charge in [-0.25, -0.2) is 8.78 Å². The number of anilines is 1. The third-order valence-corrected chi connectivity index (χ3v) is 4.03. The maximum atomic E-state index is 13.8. The Kier molecular flexibility index (Phi) is 4.21. The van der Waals surface area contributed by atoms with Crippen molar-refractivity contribution in [2.75, 3.05) is 37.6 Å². The van der Waals surface area contributed by atoms with Gasteiger partial charge in [-0.3, -0.25) is 9.88 Å². The summed E-state index contributed by atoms with van der Waals surface area (Å²) in [5.74, 6) is 1.45. The van der Waals surface area contributed by atoms with Crippen LogP contribution < -0.4 is 4.90 Å². The lowest BCUT2D eigenvalue weighted by atomic mass is 10.1. The third-order valence-electron chi connectivity index (χ3n) is 4.03. The van der Waals surface area contributed by atoms with E-state index < -0.39 is 11.6 Å². The van der Waals surface area contributed by atoms with Crippen molar-refractivity contribution in [3.63, 3.8) is 0 Å². The lowest BCUT2D eigenvalue weighted by Crippen LogP contribution is -2.46. The van der Waals surface area contributed by atoms with Gasteiger partial charge >= 0.3 is 0 Å². The summed E-state index contributed by atoms with van der Waals surface area (Å²) in [4.78, 5) is 8.49. The number of terminal acetylenes is 1. The molecule has 0 atom stereocenters. The molecule has 2 heterocycles. The minimum atomic E-state index is -0.621. The zero-order chi connectivity index (χ0) is 15.5. The molecular formula is C17H17F2N3. The molecule has 0 saturated carbocycles. The number of aromatic nitrogens is 1. The second-order valence-electron chi connectivity index (χ2n) is 5.40. The Balaban J connectivity index is 1.84. The molecule has 1 aliphatic heterocycles. The highest BCUT2D eigenvalue weighted by molar-refractivity contribution is 5.92. The number of fused-ring (bicyclic) bond motifs is 1. The van der Waals surface area contributed by atoms with Crippen LogP contribution in [0.2, 0.25) is 0 Å². The Bertz CT molecular complexity index is 716. The van der Waals surface area contributed by atoms with Crippen LogP contribution in [0.25, 0.3) is 10.9 Å². The molecule has 1 aromatic carbocycles. The summed E-state index contributed by atoms with van der Waals surface area (Å²) in [5, 5.41) is 0.525. The van der Waals surface area contributed by atoms with E-state index in [1.165, 1.54) is 6.07 Å². The zero-order valence-corrected chi connectivity index (χ0v) is 12.2. The predicted molar refractivity (Wildman–Crippen MR) is 83.8 cm³/mol. The van der Waals surface area contributed by atoms with Crippen LogP contribution in [0.1, 0.15) is 6.42 Å². The first-order chi connectivity index (χ1) is 10.7. The maximum Gasteiger partial charge on any atom is 0.152 e. The van der Waals surface area contributed by atoms with Crippen molar-refractivity contribution in [3.05, 3.63) is 36.0 Å². The summed E-state index contributed by atoms with van der Waals surface area (Å²) < 4.78 is 27.4. The van der Waals surface area contributed by atoms with Crippen molar-refractivity contribution in [2.24, 2.45) is 0 Å². The molecule has 0 bridgehead atoms. The van der Waals surface area contributed by atoms with E-state index in [1.807, 2.05) is 6.07 Å². The second kappa shape index (κ2) is 6.29. The van der Waals surface area contributed by atoms with Crippen molar-refractivity contribution >= 4 is 16.6 Å². The molecule has 5 heteroatoms. The van der Waals surface area contributed by atoms with E-state index in [4.69, 9.17) is 6.42 Å². The lowest BCUT2D eigenvalue weighted by Gasteiger charge is -2.36.